The first-order chi connectivity index (χ1) is 13.3. The first-order valence-electron chi connectivity index (χ1n) is 8.24. The Kier molecular flexibility index (Phi) is 7.40. The summed E-state index contributed by atoms with van der Waals surface area (Å²) in [5.74, 6) is -1.08. The van der Waals surface area contributed by atoms with E-state index in [1.54, 1.807) is 12.1 Å². The molecule has 8 heteroatoms. The third-order valence-corrected chi connectivity index (χ3v) is 3.91. The Hall–Kier alpha value is -3.06. The molecule has 0 bridgehead atoms. The monoisotopic (exact) mass is 407 g/mol. The van der Waals surface area contributed by atoms with Gasteiger partial charge < -0.3 is 19.5 Å². The van der Waals surface area contributed by atoms with Crippen molar-refractivity contribution in [1.82, 2.24) is 0 Å². The van der Waals surface area contributed by atoms with Crippen LogP contribution < -0.4 is 14.8 Å². The molecular weight excluding hydrogens is 389 g/mol. The van der Waals surface area contributed by atoms with E-state index in [2.05, 4.69) is 11.9 Å². The average molecular weight is 408 g/mol. The summed E-state index contributed by atoms with van der Waals surface area (Å²) in [6.45, 7) is 5.25. The van der Waals surface area contributed by atoms with Crippen molar-refractivity contribution in [1.29, 1.82) is 0 Å². The molecule has 0 spiro atoms. The maximum Gasteiger partial charge on any atom is 0.339 e. The molecular formula is C20H19ClFNO5. The number of hydrogen-bond acceptors (Lipinski definition) is 5. The quantitative estimate of drug-likeness (QED) is 0.523. The number of carbonyl (C=O) groups is 2. The largest absolute Gasteiger partial charge is 0.493 e. The number of amides is 1. The van der Waals surface area contributed by atoms with Crippen molar-refractivity contribution in [2.75, 3.05) is 19.0 Å². The zero-order chi connectivity index (χ0) is 20.7. The summed E-state index contributed by atoms with van der Waals surface area (Å²) in [5, 5.41) is 2.51. The van der Waals surface area contributed by atoms with Gasteiger partial charge in [-0.2, -0.15) is 0 Å². The van der Waals surface area contributed by atoms with Gasteiger partial charge in [0.05, 0.1) is 23.4 Å². The third kappa shape index (κ3) is 5.47. The number of rotatable bonds is 8. The molecule has 2 aromatic carbocycles. The van der Waals surface area contributed by atoms with Crippen LogP contribution in [0.1, 0.15) is 17.3 Å². The molecule has 0 fully saturated rings. The lowest BCUT2D eigenvalue weighted by atomic mass is 10.2. The van der Waals surface area contributed by atoms with E-state index in [-0.39, 0.29) is 22.9 Å². The molecule has 0 aliphatic heterocycles. The summed E-state index contributed by atoms with van der Waals surface area (Å²) >= 11 is 5.87. The van der Waals surface area contributed by atoms with Gasteiger partial charge in [0, 0.05) is 0 Å². The third-order valence-electron chi connectivity index (χ3n) is 3.60. The van der Waals surface area contributed by atoms with E-state index in [1.165, 1.54) is 32.2 Å². The van der Waals surface area contributed by atoms with Gasteiger partial charge in [0.15, 0.2) is 17.6 Å². The molecule has 2 aromatic rings. The smallest absolute Gasteiger partial charge is 0.339 e. The number of methoxy groups -OCH3 is 1. The minimum Gasteiger partial charge on any atom is -0.493 e. The lowest BCUT2D eigenvalue weighted by Gasteiger charge is -2.15. The van der Waals surface area contributed by atoms with Crippen LogP contribution in [0.25, 0.3) is 0 Å². The maximum absolute atomic E-state index is 13.1. The predicted octanol–water partition coefficient (Wildman–Crippen LogP) is 4.24. The lowest BCUT2D eigenvalue weighted by Crippen LogP contribution is -2.30. The second kappa shape index (κ2) is 9.75. The molecule has 1 unspecified atom stereocenters. The number of anilines is 1. The number of benzene rings is 2. The van der Waals surface area contributed by atoms with Crippen molar-refractivity contribution in [3.05, 3.63) is 65.5 Å². The van der Waals surface area contributed by atoms with Crippen molar-refractivity contribution in [2.24, 2.45) is 0 Å². The van der Waals surface area contributed by atoms with E-state index in [1.807, 2.05) is 0 Å². The van der Waals surface area contributed by atoms with Gasteiger partial charge in [-0.25, -0.2) is 9.18 Å². The summed E-state index contributed by atoms with van der Waals surface area (Å²) in [4.78, 5) is 24.5. The number of nitrogens with one attached hydrogen (secondary N) is 1. The molecule has 0 aliphatic carbocycles. The van der Waals surface area contributed by atoms with E-state index >= 15 is 0 Å². The van der Waals surface area contributed by atoms with E-state index in [0.29, 0.717) is 11.5 Å². The van der Waals surface area contributed by atoms with E-state index in [0.717, 1.165) is 12.1 Å². The van der Waals surface area contributed by atoms with Gasteiger partial charge in [0.2, 0.25) is 0 Å². The summed E-state index contributed by atoms with van der Waals surface area (Å²) in [6, 6.07) is 8.03. The standard InChI is InChI=1S/C20H19ClFNO5/c1-4-9-27-17-8-5-13(10-18(17)26-3)20(25)28-12(2)19(24)23-16-7-6-14(22)11-15(16)21/h4-8,10-12H,1,9H2,2-3H3,(H,23,24). The number of halogens is 2. The highest BCUT2D eigenvalue weighted by molar-refractivity contribution is 6.33. The molecule has 148 valence electrons. The summed E-state index contributed by atoms with van der Waals surface area (Å²) in [7, 11) is 1.44. The molecule has 1 atom stereocenters. The lowest BCUT2D eigenvalue weighted by molar-refractivity contribution is -0.123. The van der Waals surface area contributed by atoms with Crippen molar-refractivity contribution >= 4 is 29.2 Å². The van der Waals surface area contributed by atoms with Gasteiger partial charge in [0.1, 0.15) is 12.4 Å². The Morgan fingerprint density at radius 1 is 1.25 bits per heavy atom. The fraction of sp³-hybridized carbons (Fsp3) is 0.200. The second-order valence-corrected chi connectivity index (χ2v) is 6.03. The van der Waals surface area contributed by atoms with Gasteiger partial charge in [-0.05, 0) is 43.3 Å². The van der Waals surface area contributed by atoms with Gasteiger partial charge in [0.25, 0.3) is 5.91 Å². The summed E-state index contributed by atoms with van der Waals surface area (Å²) < 4.78 is 28.9. The number of carbonyl (C=O) groups excluding carboxylic acids is 2. The molecule has 0 aliphatic rings. The van der Waals surface area contributed by atoms with Crippen LogP contribution in [0.2, 0.25) is 5.02 Å². The highest BCUT2D eigenvalue weighted by Crippen LogP contribution is 2.28. The minimum absolute atomic E-state index is 0.0340. The Balaban J connectivity index is 2.04. The van der Waals surface area contributed by atoms with Crippen LogP contribution >= 0.6 is 11.6 Å². The first-order valence-corrected chi connectivity index (χ1v) is 8.62. The average Bonchev–Trinajstić information content (AvgIpc) is 2.68. The molecule has 0 saturated heterocycles. The van der Waals surface area contributed by atoms with Crippen LogP contribution in [0.4, 0.5) is 10.1 Å². The van der Waals surface area contributed by atoms with Crippen LogP contribution in [0.3, 0.4) is 0 Å². The molecule has 28 heavy (non-hydrogen) atoms. The maximum atomic E-state index is 13.1. The Labute approximate surface area is 166 Å². The number of esters is 1. The van der Waals surface area contributed by atoms with Crippen molar-refractivity contribution in [3.63, 3.8) is 0 Å². The fourth-order valence-electron chi connectivity index (χ4n) is 2.17. The summed E-state index contributed by atoms with van der Waals surface area (Å²) in [6.07, 6.45) is 0.464. The number of hydrogen-bond donors (Lipinski definition) is 1. The van der Waals surface area contributed by atoms with Crippen LogP contribution in [0.5, 0.6) is 11.5 Å². The number of ether oxygens (including phenoxy) is 3. The molecule has 0 radical (unpaired) electrons. The fourth-order valence-corrected chi connectivity index (χ4v) is 2.38. The molecule has 0 heterocycles. The molecule has 2 rings (SSSR count). The van der Waals surface area contributed by atoms with E-state index < -0.39 is 23.8 Å². The zero-order valence-electron chi connectivity index (χ0n) is 15.3. The van der Waals surface area contributed by atoms with Gasteiger partial charge in [-0.3, -0.25) is 4.79 Å². The SMILES string of the molecule is C=CCOc1ccc(C(=O)OC(C)C(=O)Nc2ccc(F)cc2Cl)cc1OC. The predicted molar refractivity (Wildman–Crippen MR) is 104 cm³/mol. The molecule has 0 saturated carbocycles. The zero-order valence-corrected chi connectivity index (χ0v) is 16.1. The van der Waals surface area contributed by atoms with Gasteiger partial charge >= 0.3 is 5.97 Å². The van der Waals surface area contributed by atoms with Crippen LogP contribution in [-0.4, -0.2) is 31.7 Å². The van der Waals surface area contributed by atoms with E-state index in [4.69, 9.17) is 25.8 Å². The summed E-state index contributed by atoms with van der Waals surface area (Å²) in [5.41, 5.74) is 0.392. The van der Waals surface area contributed by atoms with Crippen LogP contribution in [0.15, 0.2) is 49.1 Å². The topological polar surface area (TPSA) is 73.9 Å². The van der Waals surface area contributed by atoms with Gasteiger partial charge in [-0.1, -0.05) is 24.3 Å². The highest BCUT2D eigenvalue weighted by Gasteiger charge is 2.21. The Morgan fingerprint density at radius 2 is 2.00 bits per heavy atom. The van der Waals surface area contributed by atoms with Crippen LogP contribution in [-0.2, 0) is 9.53 Å². The van der Waals surface area contributed by atoms with Crippen molar-refractivity contribution in [3.8, 4) is 11.5 Å². The molecule has 6 nitrogen and oxygen atoms in total. The first kappa shape index (κ1) is 21.2. The molecule has 0 aromatic heterocycles. The van der Waals surface area contributed by atoms with Crippen molar-refractivity contribution < 1.29 is 28.2 Å². The Bertz CT molecular complexity index is 887. The molecule has 1 amide bonds. The highest BCUT2D eigenvalue weighted by atomic mass is 35.5. The second-order valence-electron chi connectivity index (χ2n) is 5.63. The molecule has 1 N–H and O–H groups in total. The van der Waals surface area contributed by atoms with Crippen LogP contribution in [0, 0.1) is 5.82 Å². The Morgan fingerprint density at radius 3 is 2.64 bits per heavy atom. The van der Waals surface area contributed by atoms with Crippen molar-refractivity contribution in [2.45, 2.75) is 13.0 Å². The van der Waals surface area contributed by atoms with E-state index in [9.17, 15) is 14.0 Å². The van der Waals surface area contributed by atoms with Gasteiger partial charge in [-0.15, -0.1) is 0 Å². The minimum atomic E-state index is -1.11. The normalized spacial score (nSPS) is 11.3.